The first-order valence-corrected chi connectivity index (χ1v) is 7.56. The van der Waals surface area contributed by atoms with Crippen LogP contribution in [-0.4, -0.2) is 50.6 Å². The minimum absolute atomic E-state index is 0.603. The van der Waals surface area contributed by atoms with Crippen LogP contribution >= 0.6 is 23.2 Å². The Bertz CT molecular complexity index is 448. The van der Waals surface area contributed by atoms with E-state index in [0.717, 1.165) is 57.8 Å². The Morgan fingerprint density at radius 2 is 1.95 bits per heavy atom. The molecule has 4 nitrogen and oxygen atoms in total. The molecule has 1 aliphatic heterocycles. The molecule has 6 heteroatoms. The monoisotopic (exact) mass is 315 g/mol. The van der Waals surface area contributed by atoms with Gasteiger partial charge in [-0.2, -0.15) is 0 Å². The maximum absolute atomic E-state index is 10.2. The van der Waals surface area contributed by atoms with Crippen molar-refractivity contribution < 1.29 is 4.79 Å². The van der Waals surface area contributed by atoms with Crippen LogP contribution in [0.15, 0.2) is 18.2 Å². The van der Waals surface area contributed by atoms with Crippen molar-refractivity contribution in [3.63, 3.8) is 0 Å². The Balaban J connectivity index is 1.82. The molecular weight excluding hydrogens is 297 g/mol. The van der Waals surface area contributed by atoms with E-state index in [4.69, 9.17) is 23.2 Å². The fourth-order valence-corrected chi connectivity index (χ4v) is 2.83. The minimum Gasteiger partial charge on any atom is -0.368 e. The van der Waals surface area contributed by atoms with E-state index < -0.39 is 0 Å². The van der Waals surface area contributed by atoms with Gasteiger partial charge in [0, 0.05) is 32.7 Å². The predicted molar refractivity (Wildman–Crippen MR) is 83.8 cm³/mol. The van der Waals surface area contributed by atoms with Gasteiger partial charge in [-0.1, -0.05) is 29.3 Å². The number of hydrogen-bond donors (Lipinski definition) is 1. The van der Waals surface area contributed by atoms with Crippen LogP contribution in [0, 0.1) is 0 Å². The van der Waals surface area contributed by atoms with Crippen LogP contribution in [0.4, 0.5) is 5.69 Å². The van der Waals surface area contributed by atoms with E-state index in [-0.39, 0.29) is 0 Å². The number of amides is 1. The molecular formula is C14H19Cl2N3O. The number of carbonyl (C=O) groups is 1. The summed E-state index contributed by atoms with van der Waals surface area (Å²) in [5.74, 6) is 0. The van der Waals surface area contributed by atoms with Crippen molar-refractivity contribution in [3.05, 3.63) is 28.2 Å². The molecule has 0 atom stereocenters. The van der Waals surface area contributed by atoms with Crippen LogP contribution in [0.3, 0.4) is 0 Å². The van der Waals surface area contributed by atoms with Crippen molar-refractivity contribution in [2.45, 2.75) is 6.42 Å². The van der Waals surface area contributed by atoms with Crippen LogP contribution in [0.2, 0.25) is 10.0 Å². The summed E-state index contributed by atoms with van der Waals surface area (Å²) in [5.41, 5.74) is 1.02. The number of hydrogen-bond acceptors (Lipinski definition) is 3. The zero-order chi connectivity index (χ0) is 14.4. The zero-order valence-corrected chi connectivity index (χ0v) is 12.8. The molecule has 0 spiro atoms. The fraction of sp³-hybridized carbons (Fsp3) is 0.500. The summed E-state index contributed by atoms with van der Waals surface area (Å²) < 4.78 is 0. The highest BCUT2D eigenvalue weighted by molar-refractivity contribution is 6.43. The molecule has 110 valence electrons. The quantitative estimate of drug-likeness (QED) is 0.646. The first-order chi connectivity index (χ1) is 9.72. The smallest absolute Gasteiger partial charge is 0.207 e. The van der Waals surface area contributed by atoms with Crippen LogP contribution in [-0.2, 0) is 4.79 Å². The molecule has 1 aromatic rings. The highest BCUT2D eigenvalue weighted by atomic mass is 35.5. The molecule has 1 fully saturated rings. The van der Waals surface area contributed by atoms with E-state index in [1.165, 1.54) is 0 Å². The third kappa shape index (κ3) is 4.01. The van der Waals surface area contributed by atoms with Gasteiger partial charge in [-0.15, -0.1) is 0 Å². The van der Waals surface area contributed by atoms with Gasteiger partial charge in [-0.3, -0.25) is 9.69 Å². The van der Waals surface area contributed by atoms with Crippen LogP contribution < -0.4 is 10.2 Å². The van der Waals surface area contributed by atoms with Crippen molar-refractivity contribution in [2.75, 3.05) is 44.2 Å². The summed E-state index contributed by atoms with van der Waals surface area (Å²) in [5, 5.41) is 3.93. The summed E-state index contributed by atoms with van der Waals surface area (Å²) >= 11 is 12.3. The zero-order valence-electron chi connectivity index (χ0n) is 11.3. The molecule has 0 saturated carbocycles. The van der Waals surface area contributed by atoms with Gasteiger partial charge in [0.1, 0.15) is 0 Å². The average Bonchev–Trinajstić information content (AvgIpc) is 2.47. The molecule has 2 rings (SSSR count). The third-order valence-electron chi connectivity index (χ3n) is 3.52. The lowest BCUT2D eigenvalue weighted by Gasteiger charge is -2.36. The number of anilines is 1. The molecule has 0 aromatic heterocycles. The summed E-state index contributed by atoms with van der Waals surface area (Å²) in [7, 11) is 0. The standard InChI is InChI=1S/C14H19Cl2N3O/c15-12-3-1-4-13(14(12)16)19-9-7-18(8-10-19)6-2-5-17-11-20/h1,3-4,11H,2,5-10H2,(H,17,20). The summed E-state index contributed by atoms with van der Waals surface area (Å²) in [4.78, 5) is 14.8. The second kappa shape index (κ2) is 7.72. The number of halogens is 2. The van der Waals surface area contributed by atoms with Gasteiger partial charge < -0.3 is 10.2 Å². The number of nitrogens with zero attached hydrogens (tertiary/aromatic N) is 2. The van der Waals surface area contributed by atoms with Gasteiger partial charge in [0.2, 0.25) is 6.41 Å². The molecule has 0 radical (unpaired) electrons. The lowest BCUT2D eigenvalue weighted by Crippen LogP contribution is -2.47. The Morgan fingerprint density at radius 1 is 1.20 bits per heavy atom. The molecule has 1 heterocycles. The molecule has 1 aliphatic rings. The van der Waals surface area contributed by atoms with Crippen molar-refractivity contribution >= 4 is 35.3 Å². The molecule has 1 saturated heterocycles. The average molecular weight is 316 g/mol. The molecule has 1 aromatic carbocycles. The lowest BCUT2D eigenvalue weighted by atomic mass is 10.2. The topological polar surface area (TPSA) is 35.6 Å². The van der Waals surface area contributed by atoms with Gasteiger partial charge in [0.05, 0.1) is 15.7 Å². The maximum Gasteiger partial charge on any atom is 0.207 e. The SMILES string of the molecule is O=CNCCCN1CCN(c2cccc(Cl)c2Cl)CC1. The van der Waals surface area contributed by atoms with Gasteiger partial charge in [0.15, 0.2) is 0 Å². The van der Waals surface area contributed by atoms with E-state index in [2.05, 4.69) is 15.1 Å². The number of nitrogens with one attached hydrogen (secondary N) is 1. The number of benzene rings is 1. The van der Waals surface area contributed by atoms with Crippen molar-refractivity contribution in [1.29, 1.82) is 0 Å². The second-order valence-corrected chi connectivity index (χ2v) is 5.61. The summed E-state index contributed by atoms with van der Waals surface area (Å²) in [6, 6.07) is 5.75. The molecule has 20 heavy (non-hydrogen) atoms. The predicted octanol–water partition coefficient (Wildman–Crippen LogP) is 2.25. The molecule has 0 aliphatic carbocycles. The second-order valence-electron chi connectivity index (χ2n) is 4.83. The van der Waals surface area contributed by atoms with E-state index >= 15 is 0 Å². The van der Waals surface area contributed by atoms with Gasteiger partial charge in [-0.05, 0) is 25.1 Å². The van der Waals surface area contributed by atoms with Crippen molar-refractivity contribution in [2.24, 2.45) is 0 Å². The Hall–Kier alpha value is -0.970. The Labute approximate surface area is 129 Å². The largest absolute Gasteiger partial charge is 0.368 e. The van der Waals surface area contributed by atoms with E-state index in [0.29, 0.717) is 10.0 Å². The molecule has 1 amide bonds. The van der Waals surface area contributed by atoms with E-state index in [1.54, 1.807) is 0 Å². The minimum atomic E-state index is 0.603. The van der Waals surface area contributed by atoms with Crippen LogP contribution in [0.5, 0.6) is 0 Å². The maximum atomic E-state index is 10.2. The fourth-order valence-electron chi connectivity index (χ4n) is 2.41. The number of rotatable bonds is 6. The van der Waals surface area contributed by atoms with Gasteiger partial charge in [-0.25, -0.2) is 0 Å². The molecule has 1 N–H and O–H groups in total. The first-order valence-electron chi connectivity index (χ1n) is 6.80. The van der Waals surface area contributed by atoms with Crippen LogP contribution in [0.1, 0.15) is 6.42 Å². The van der Waals surface area contributed by atoms with Crippen molar-refractivity contribution in [1.82, 2.24) is 10.2 Å². The van der Waals surface area contributed by atoms with E-state index in [9.17, 15) is 4.79 Å². The van der Waals surface area contributed by atoms with Gasteiger partial charge >= 0.3 is 0 Å². The Morgan fingerprint density at radius 3 is 2.65 bits per heavy atom. The summed E-state index contributed by atoms with van der Waals surface area (Å²) in [6.07, 6.45) is 1.73. The number of carbonyl (C=O) groups excluding carboxylic acids is 1. The van der Waals surface area contributed by atoms with E-state index in [1.807, 2.05) is 18.2 Å². The first kappa shape index (κ1) is 15.4. The molecule has 0 bridgehead atoms. The highest BCUT2D eigenvalue weighted by Crippen LogP contribution is 2.32. The number of piperazine rings is 1. The normalized spacial score (nSPS) is 16.2. The Kier molecular flexibility index (Phi) is 5.95. The summed E-state index contributed by atoms with van der Waals surface area (Å²) in [6.45, 7) is 5.65. The third-order valence-corrected chi connectivity index (χ3v) is 4.33. The van der Waals surface area contributed by atoms with Crippen LogP contribution in [0.25, 0.3) is 0 Å². The molecule has 0 unspecified atom stereocenters. The van der Waals surface area contributed by atoms with Gasteiger partial charge in [0.25, 0.3) is 0 Å². The lowest BCUT2D eigenvalue weighted by molar-refractivity contribution is -0.109. The van der Waals surface area contributed by atoms with Crippen molar-refractivity contribution in [3.8, 4) is 0 Å². The highest BCUT2D eigenvalue weighted by Gasteiger charge is 2.19.